The van der Waals surface area contributed by atoms with Crippen LogP contribution in [-0.2, 0) is 12.8 Å². The highest BCUT2D eigenvalue weighted by atomic mass is 14.7. The third-order valence-corrected chi connectivity index (χ3v) is 3.47. The van der Waals surface area contributed by atoms with E-state index in [9.17, 15) is 0 Å². The lowest BCUT2D eigenvalue weighted by molar-refractivity contribution is 0.418. The van der Waals surface area contributed by atoms with E-state index in [2.05, 4.69) is 29.4 Å². The molecule has 1 heteroatoms. The van der Waals surface area contributed by atoms with Crippen LogP contribution in [0, 0.1) is 0 Å². The molecule has 14 heavy (non-hydrogen) atoms. The molecule has 0 amide bonds. The molecule has 1 aromatic heterocycles. The number of pyridine rings is 1. The van der Waals surface area contributed by atoms with E-state index >= 15 is 0 Å². The molecule has 0 radical (unpaired) electrons. The Labute approximate surface area is 84.9 Å². The molecular weight excluding hydrogens is 170 g/mol. The van der Waals surface area contributed by atoms with Gasteiger partial charge in [-0.15, -0.1) is 0 Å². The average Bonchev–Trinajstić information content (AvgIpc) is 2.15. The van der Waals surface area contributed by atoms with E-state index in [-0.39, 0.29) is 0 Å². The van der Waals surface area contributed by atoms with Crippen LogP contribution in [0.3, 0.4) is 0 Å². The quantitative estimate of drug-likeness (QED) is 0.613. The molecule has 0 atom stereocenters. The van der Waals surface area contributed by atoms with Crippen molar-refractivity contribution in [3.63, 3.8) is 0 Å². The van der Waals surface area contributed by atoms with Gasteiger partial charge in [0.25, 0.3) is 0 Å². The lowest BCUT2D eigenvalue weighted by Gasteiger charge is -2.26. The molecule has 1 fully saturated rings. The summed E-state index contributed by atoms with van der Waals surface area (Å²) in [5.41, 5.74) is 4.22. The Morgan fingerprint density at radius 1 is 1.14 bits per heavy atom. The summed E-state index contributed by atoms with van der Waals surface area (Å²) in [5, 5.41) is 0. The molecule has 1 heterocycles. The standard InChI is InChI=1S/C13H15N/c1-2-7-13-11(4-1)8-12(9-14-13)10-5-3-6-10/h1-2,8-10H,3-7H2. The largest absolute Gasteiger partial charge is 0.260 e. The number of rotatable bonds is 1. The van der Waals surface area contributed by atoms with E-state index in [4.69, 9.17) is 0 Å². The molecule has 2 aliphatic rings. The van der Waals surface area contributed by atoms with Gasteiger partial charge in [-0.25, -0.2) is 0 Å². The Hall–Kier alpha value is -1.11. The van der Waals surface area contributed by atoms with Gasteiger partial charge in [0, 0.05) is 18.3 Å². The van der Waals surface area contributed by atoms with Crippen LogP contribution in [0.25, 0.3) is 0 Å². The number of allylic oxidation sites excluding steroid dienone is 2. The lowest BCUT2D eigenvalue weighted by atomic mass is 9.80. The van der Waals surface area contributed by atoms with Crippen molar-refractivity contribution in [2.24, 2.45) is 0 Å². The fourth-order valence-electron chi connectivity index (χ4n) is 2.29. The van der Waals surface area contributed by atoms with Crippen molar-refractivity contribution in [1.82, 2.24) is 4.98 Å². The summed E-state index contributed by atoms with van der Waals surface area (Å²) in [6.45, 7) is 0. The van der Waals surface area contributed by atoms with Gasteiger partial charge >= 0.3 is 0 Å². The first-order chi connectivity index (χ1) is 6.93. The van der Waals surface area contributed by atoms with Gasteiger partial charge in [0.2, 0.25) is 0 Å². The molecule has 0 spiro atoms. The first kappa shape index (κ1) is 8.22. The van der Waals surface area contributed by atoms with Gasteiger partial charge in [0.1, 0.15) is 0 Å². The van der Waals surface area contributed by atoms with Crippen LogP contribution in [0.5, 0.6) is 0 Å². The van der Waals surface area contributed by atoms with Crippen molar-refractivity contribution >= 4 is 0 Å². The average molecular weight is 185 g/mol. The van der Waals surface area contributed by atoms with Gasteiger partial charge in [-0.2, -0.15) is 0 Å². The van der Waals surface area contributed by atoms with Crippen molar-refractivity contribution < 1.29 is 0 Å². The van der Waals surface area contributed by atoms with Crippen LogP contribution in [0.1, 0.15) is 42.0 Å². The molecule has 1 aromatic rings. The molecule has 0 aliphatic heterocycles. The summed E-state index contributed by atoms with van der Waals surface area (Å²) in [6.07, 6.45) is 12.8. The third-order valence-electron chi connectivity index (χ3n) is 3.47. The smallest absolute Gasteiger partial charge is 0.0476 e. The molecule has 0 saturated heterocycles. The Kier molecular flexibility index (Phi) is 1.90. The summed E-state index contributed by atoms with van der Waals surface area (Å²) in [4.78, 5) is 4.57. The highest BCUT2D eigenvalue weighted by Gasteiger charge is 2.20. The zero-order valence-electron chi connectivity index (χ0n) is 8.37. The van der Waals surface area contributed by atoms with E-state index in [1.165, 1.54) is 36.1 Å². The van der Waals surface area contributed by atoms with E-state index in [0.717, 1.165) is 18.8 Å². The predicted octanol–water partition coefficient (Wildman–Crippen LogP) is 3.00. The van der Waals surface area contributed by atoms with E-state index in [1.54, 1.807) is 0 Å². The maximum absolute atomic E-state index is 4.57. The van der Waals surface area contributed by atoms with Crippen molar-refractivity contribution in [2.45, 2.75) is 38.0 Å². The summed E-state index contributed by atoms with van der Waals surface area (Å²) in [7, 11) is 0. The topological polar surface area (TPSA) is 12.9 Å². The van der Waals surface area contributed by atoms with Gasteiger partial charge in [0.15, 0.2) is 0 Å². The Bertz CT molecular complexity index is 375. The van der Waals surface area contributed by atoms with Gasteiger partial charge in [-0.3, -0.25) is 4.98 Å². The van der Waals surface area contributed by atoms with Gasteiger partial charge < -0.3 is 0 Å². The number of hydrogen-bond donors (Lipinski definition) is 0. The van der Waals surface area contributed by atoms with Crippen LogP contribution < -0.4 is 0 Å². The normalized spacial score (nSPS) is 20.3. The highest BCUT2D eigenvalue weighted by molar-refractivity contribution is 5.33. The minimum Gasteiger partial charge on any atom is -0.260 e. The second kappa shape index (κ2) is 3.23. The second-order valence-electron chi connectivity index (χ2n) is 4.38. The summed E-state index contributed by atoms with van der Waals surface area (Å²) >= 11 is 0. The molecule has 0 N–H and O–H groups in total. The molecule has 1 saturated carbocycles. The fraction of sp³-hybridized carbons (Fsp3) is 0.462. The molecule has 1 nitrogen and oxygen atoms in total. The van der Waals surface area contributed by atoms with Crippen LogP contribution >= 0.6 is 0 Å². The van der Waals surface area contributed by atoms with E-state index in [1.807, 2.05) is 0 Å². The summed E-state index contributed by atoms with van der Waals surface area (Å²) in [6, 6.07) is 2.38. The number of hydrogen-bond acceptors (Lipinski definition) is 1. The van der Waals surface area contributed by atoms with Crippen LogP contribution in [-0.4, -0.2) is 4.98 Å². The Morgan fingerprint density at radius 3 is 2.79 bits per heavy atom. The molecule has 0 bridgehead atoms. The second-order valence-corrected chi connectivity index (χ2v) is 4.38. The van der Waals surface area contributed by atoms with Crippen LogP contribution in [0.4, 0.5) is 0 Å². The van der Waals surface area contributed by atoms with Gasteiger partial charge in [-0.1, -0.05) is 24.6 Å². The Morgan fingerprint density at radius 2 is 2.00 bits per heavy atom. The van der Waals surface area contributed by atoms with Gasteiger partial charge in [0.05, 0.1) is 0 Å². The highest BCUT2D eigenvalue weighted by Crippen LogP contribution is 2.36. The van der Waals surface area contributed by atoms with Crippen LogP contribution in [0.2, 0.25) is 0 Å². The molecule has 0 aromatic carbocycles. The minimum atomic E-state index is 0.818. The monoisotopic (exact) mass is 185 g/mol. The molecule has 3 rings (SSSR count). The number of nitrogens with zero attached hydrogens (tertiary/aromatic N) is 1. The first-order valence-corrected chi connectivity index (χ1v) is 5.56. The SMILES string of the molecule is C1=CCc2ncc(C3CCC3)cc2C1. The molecule has 72 valence electrons. The maximum Gasteiger partial charge on any atom is 0.0476 e. The van der Waals surface area contributed by atoms with E-state index < -0.39 is 0 Å². The predicted molar refractivity (Wildman–Crippen MR) is 57.4 cm³/mol. The van der Waals surface area contributed by atoms with Crippen molar-refractivity contribution in [3.8, 4) is 0 Å². The summed E-state index contributed by atoms with van der Waals surface area (Å²) in [5.74, 6) is 0.818. The van der Waals surface area contributed by atoms with Crippen molar-refractivity contribution in [2.75, 3.05) is 0 Å². The number of aromatic nitrogens is 1. The van der Waals surface area contributed by atoms with Crippen LogP contribution in [0.15, 0.2) is 24.4 Å². The minimum absolute atomic E-state index is 0.818. The van der Waals surface area contributed by atoms with Crippen molar-refractivity contribution in [1.29, 1.82) is 0 Å². The van der Waals surface area contributed by atoms with E-state index in [0.29, 0.717) is 0 Å². The zero-order chi connectivity index (χ0) is 9.38. The maximum atomic E-state index is 4.57. The lowest BCUT2D eigenvalue weighted by Crippen LogP contribution is -2.11. The molecule has 0 unspecified atom stereocenters. The first-order valence-electron chi connectivity index (χ1n) is 5.56. The Balaban J connectivity index is 1.94. The third kappa shape index (κ3) is 1.28. The molecular formula is C13H15N. The zero-order valence-corrected chi connectivity index (χ0v) is 8.37. The van der Waals surface area contributed by atoms with Crippen molar-refractivity contribution in [3.05, 3.63) is 41.2 Å². The fourth-order valence-corrected chi connectivity index (χ4v) is 2.29. The van der Waals surface area contributed by atoms with Gasteiger partial charge in [-0.05, 0) is 36.3 Å². The number of fused-ring (bicyclic) bond motifs is 1. The summed E-state index contributed by atoms with van der Waals surface area (Å²) < 4.78 is 0. The molecule has 2 aliphatic carbocycles.